The number of benzene rings is 5. The second kappa shape index (κ2) is 12.6. The Labute approximate surface area is 268 Å². The normalized spacial score (nSPS) is 12.3. The third kappa shape index (κ3) is 6.69. The van der Waals surface area contributed by atoms with Gasteiger partial charge >= 0.3 is 0 Å². The topological polar surface area (TPSA) is 52.6 Å². The molecule has 0 atom stereocenters. The molecule has 5 aromatic carbocycles. The van der Waals surface area contributed by atoms with Crippen LogP contribution in [0.15, 0.2) is 131 Å². The van der Waals surface area contributed by atoms with Crippen LogP contribution in [0.25, 0.3) is 0 Å². The Bertz CT molecular complexity index is 1830. The molecule has 0 fully saturated rings. The average Bonchev–Trinajstić information content (AvgIpc) is 3.05. The summed E-state index contributed by atoms with van der Waals surface area (Å²) in [5.74, 6) is 2.37. The van der Waals surface area contributed by atoms with E-state index >= 15 is 0 Å². The molecule has 0 saturated heterocycles. The van der Waals surface area contributed by atoms with Crippen LogP contribution in [0.1, 0.15) is 75.3 Å². The summed E-state index contributed by atoms with van der Waals surface area (Å²) < 4.78 is 37.3. The molecule has 5 aromatic rings. The molecule has 45 heavy (non-hydrogen) atoms. The van der Waals surface area contributed by atoms with Gasteiger partial charge in [-0.1, -0.05) is 102 Å². The quantitative estimate of drug-likeness (QED) is 0.156. The van der Waals surface area contributed by atoms with Gasteiger partial charge in [0.05, 0.1) is 16.9 Å². The van der Waals surface area contributed by atoms with E-state index < -0.39 is 9.84 Å². The van der Waals surface area contributed by atoms with Crippen molar-refractivity contribution in [1.29, 1.82) is 0 Å². The van der Waals surface area contributed by atoms with E-state index in [0.29, 0.717) is 23.2 Å². The molecule has 0 aromatic heterocycles. The summed E-state index contributed by atoms with van der Waals surface area (Å²) in [6.45, 7) is 13.5. The first-order valence-electron chi connectivity index (χ1n) is 15.3. The van der Waals surface area contributed by atoms with Gasteiger partial charge in [0.2, 0.25) is 9.84 Å². The molecule has 0 aliphatic heterocycles. The van der Waals surface area contributed by atoms with E-state index in [1.807, 2.05) is 12.1 Å². The van der Waals surface area contributed by atoms with Gasteiger partial charge in [-0.05, 0) is 94.4 Å². The van der Waals surface area contributed by atoms with Crippen LogP contribution in [-0.2, 0) is 20.7 Å². The van der Waals surface area contributed by atoms with Crippen molar-refractivity contribution >= 4 is 9.84 Å². The predicted molar refractivity (Wildman–Crippen MR) is 183 cm³/mol. The van der Waals surface area contributed by atoms with Crippen molar-refractivity contribution in [3.8, 4) is 17.2 Å². The maximum Gasteiger partial charge on any atom is 0.206 e. The van der Waals surface area contributed by atoms with Crippen LogP contribution in [0.4, 0.5) is 0 Å². The van der Waals surface area contributed by atoms with E-state index in [-0.39, 0.29) is 20.6 Å². The Morgan fingerprint density at radius 1 is 0.489 bits per heavy atom. The summed E-state index contributed by atoms with van der Waals surface area (Å²) in [7, 11) is -2.10. The summed E-state index contributed by atoms with van der Waals surface area (Å²) in [4.78, 5) is 0.417. The van der Waals surface area contributed by atoms with E-state index in [2.05, 4.69) is 102 Å². The van der Waals surface area contributed by atoms with Crippen molar-refractivity contribution in [1.82, 2.24) is 0 Å². The van der Waals surface area contributed by atoms with Crippen molar-refractivity contribution in [2.24, 2.45) is 0 Å². The van der Waals surface area contributed by atoms with Crippen LogP contribution in [0.5, 0.6) is 17.2 Å². The SMILES string of the molecule is COc1ccc(S(=O)(=O)c2ccc(Oc3ccc(C(C)(C)c4ccc(C(C)(C)c5ccc(C(C)C)cc5)cc4)cc3)cc2)cc1. The molecule has 0 heterocycles. The number of hydrogen-bond acceptors (Lipinski definition) is 4. The fourth-order valence-electron chi connectivity index (χ4n) is 5.58. The summed E-state index contributed by atoms with van der Waals surface area (Å²) in [6.07, 6.45) is 0. The van der Waals surface area contributed by atoms with Crippen molar-refractivity contribution in [3.63, 3.8) is 0 Å². The van der Waals surface area contributed by atoms with Gasteiger partial charge < -0.3 is 9.47 Å². The standard InChI is InChI=1S/C40H42O4S/c1-28(2)29-8-10-30(11-9-29)39(3,4)31-12-14-32(15-13-31)40(5,6)33-16-18-35(19-17-33)44-36-22-26-38(27-23-36)45(41,42)37-24-20-34(43-7)21-25-37/h8-28H,1-7H3. The summed E-state index contributed by atoms with van der Waals surface area (Å²) in [5.41, 5.74) is 6.05. The molecule has 5 heteroatoms. The Morgan fingerprint density at radius 2 is 0.800 bits per heavy atom. The Balaban J connectivity index is 1.27. The lowest BCUT2D eigenvalue weighted by Crippen LogP contribution is -2.21. The molecule has 0 N–H and O–H groups in total. The molecule has 0 radical (unpaired) electrons. The molecule has 0 amide bonds. The minimum Gasteiger partial charge on any atom is -0.497 e. The fraction of sp³-hybridized carbons (Fsp3) is 0.250. The van der Waals surface area contributed by atoms with Gasteiger partial charge in [0.25, 0.3) is 0 Å². The third-order valence-electron chi connectivity index (χ3n) is 8.94. The second-order valence-electron chi connectivity index (χ2n) is 12.9. The third-order valence-corrected chi connectivity index (χ3v) is 10.7. The lowest BCUT2D eigenvalue weighted by atomic mass is 9.74. The van der Waals surface area contributed by atoms with Crippen molar-refractivity contribution in [2.45, 2.75) is 68.1 Å². The van der Waals surface area contributed by atoms with E-state index in [1.54, 1.807) is 55.6 Å². The highest BCUT2D eigenvalue weighted by Gasteiger charge is 2.27. The maximum atomic E-state index is 13.0. The zero-order valence-electron chi connectivity index (χ0n) is 27.2. The number of sulfone groups is 1. The Kier molecular flexibility index (Phi) is 8.95. The summed E-state index contributed by atoms with van der Waals surface area (Å²) >= 11 is 0. The highest BCUT2D eigenvalue weighted by atomic mass is 32.2. The first-order valence-corrected chi connectivity index (χ1v) is 16.8. The lowest BCUT2D eigenvalue weighted by Gasteiger charge is -2.30. The molecule has 5 rings (SSSR count). The number of methoxy groups -OCH3 is 1. The van der Waals surface area contributed by atoms with E-state index in [4.69, 9.17) is 9.47 Å². The molecule has 0 spiro atoms. The molecule has 0 bridgehead atoms. The van der Waals surface area contributed by atoms with E-state index in [9.17, 15) is 8.42 Å². The van der Waals surface area contributed by atoms with Crippen LogP contribution in [0, 0.1) is 0 Å². The van der Waals surface area contributed by atoms with Gasteiger partial charge in [-0.3, -0.25) is 0 Å². The Hall–Kier alpha value is -4.35. The van der Waals surface area contributed by atoms with Crippen LogP contribution in [0.2, 0.25) is 0 Å². The van der Waals surface area contributed by atoms with Crippen LogP contribution in [0.3, 0.4) is 0 Å². The lowest BCUT2D eigenvalue weighted by molar-refractivity contribution is 0.414. The smallest absolute Gasteiger partial charge is 0.206 e. The van der Waals surface area contributed by atoms with Crippen molar-refractivity contribution in [3.05, 3.63) is 149 Å². The largest absolute Gasteiger partial charge is 0.497 e. The van der Waals surface area contributed by atoms with Crippen LogP contribution in [-0.4, -0.2) is 15.5 Å². The molecule has 4 nitrogen and oxygen atoms in total. The van der Waals surface area contributed by atoms with Crippen LogP contribution >= 0.6 is 0 Å². The van der Waals surface area contributed by atoms with Gasteiger partial charge in [-0.2, -0.15) is 0 Å². The molecule has 0 aliphatic carbocycles. The molecule has 0 aliphatic rings. The highest BCUT2D eigenvalue weighted by molar-refractivity contribution is 7.91. The van der Waals surface area contributed by atoms with Crippen LogP contribution < -0.4 is 9.47 Å². The minimum absolute atomic E-state index is 0.102. The van der Waals surface area contributed by atoms with Gasteiger partial charge in [0.1, 0.15) is 17.2 Å². The zero-order chi connectivity index (χ0) is 32.4. The summed E-state index contributed by atoms with van der Waals surface area (Å²) in [5, 5.41) is 0. The molecule has 232 valence electrons. The zero-order valence-corrected chi connectivity index (χ0v) is 28.0. The maximum absolute atomic E-state index is 13.0. The van der Waals surface area contributed by atoms with Gasteiger partial charge in [0, 0.05) is 10.8 Å². The highest BCUT2D eigenvalue weighted by Crippen LogP contribution is 2.37. The van der Waals surface area contributed by atoms with Crippen molar-refractivity contribution < 1.29 is 17.9 Å². The number of ether oxygens (including phenoxy) is 2. The number of hydrogen-bond donors (Lipinski definition) is 0. The Morgan fingerprint density at radius 3 is 1.16 bits per heavy atom. The van der Waals surface area contributed by atoms with E-state index in [1.165, 1.54) is 27.8 Å². The summed E-state index contributed by atoms with van der Waals surface area (Å²) in [6, 6.07) is 38.9. The van der Waals surface area contributed by atoms with Gasteiger partial charge in [-0.25, -0.2) is 8.42 Å². The van der Waals surface area contributed by atoms with E-state index in [0.717, 1.165) is 0 Å². The predicted octanol–water partition coefficient (Wildman–Crippen LogP) is 10.1. The van der Waals surface area contributed by atoms with Gasteiger partial charge in [0.15, 0.2) is 0 Å². The average molecular weight is 619 g/mol. The molecule has 0 unspecified atom stereocenters. The molecular formula is C40H42O4S. The monoisotopic (exact) mass is 618 g/mol. The first-order chi connectivity index (χ1) is 21.3. The first kappa shape index (κ1) is 32.1. The van der Waals surface area contributed by atoms with Crippen molar-refractivity contribution in [2.75, 3.05) is 7.11 Å². The second-order valence-corrected chi connectivity index (χ2v) is 14.8. The number of rotatable bonds is 10. The minimum atomic E-state index is -3.64. The molecule has 0 saturated carbocycles. The fourth-order valence-corrected chi connectivity index (χ4v) is 6.84. The molecular weight excluding hydrogens is 577 g/mol. The van der Waals surface area contributed by atoms with Gasteiger partial charge in [-0.15, -0.1) is 0 Å².